The molecule has 2 aromatic heterocycles. The van der Waals surface area contributed by atoms with E-state index in [1.807, 2.05) is 81.4 Å². The lowest BCUT2D eigenvalue weighted by Gasteiger charge is -2.22. The summed E-state index contributed by atoms with van der Waals surface area (Å²) in [5.74, 6) is 0.778. The second kappa shape index (κ2) is 12.0. The number of aromatic nitrogens is 3. The molecule has 0 aliphatic heterocycles. The number of rotatable bonds is 5. The molecule has 0 amide bonds. The number of imidazole rings is 1. The van der Waals surface area contributed by atoms with Gasteiger partial charge in [-0.3, -0.25) is 9.55 Å². The fourth-order valence-corrected chi connectivity index (χ4v) is 5.95. The first-order valence-electron chi connectivity index (χ1n) is 18.2. The van der Waals surface area contributed by atoms with E-state index in [1.165, 1.54) is 0 Å². The highest BCUT2D eigenvalue weighted by atomic mass is 16.3. The monoisotopic (exact) mass is 631 g/mol. The van der Waals surface area contributed by atoms with Crippen molar-refractivity contribution in [3.05, 3.63) is 145 Å². The van der Waals surface area contributed by atoms with E-state index in [4.69, 9.17) is 15.5 Å². The first kappa shape index (κ1) is 26.6. The van der Waals surface area contributed by atoms with Gasteiger partial charge < -0.3 is 5.11 Å². The van der Waals surface area contributed by atoms with Crippen LogP contribution in [0.25, 0.3) is 61.6 Å². The van der Waals surface area contributed by atoms with Gasteiger partial charge in [-0.05, 0) is 93.2 Å². The summed E-state index contributed by atoms with van der Waals surface area (Å²) in [7, 11) is 0. The van der Waals surface area contributed by atoms with Crippen LogP contribution in [0.15, 0.2) is 133 Å². The van der Waals surface area contributed by atoms with E-state index in [-0.39, 0.29) is 40.9 Å². The van der Waals surface area contributed by atoms with Crippen LogP contribution in [-0.4, -0.2) is 19.6 Å². The number of hydrogen-bond donors (Lipinski definition) is 1. The SMILES string of the molecule is [2H]c1c([2H])c(C(C)(C)C)c([2H])c([2H])c1-c1ccnc(-c2cc(-c3cccc4c3nc(-c3ccccc3O)n4-c3ccccc3)cc(C(C)(C)C)c2)c1. The van der Waals surface area contributed by atoms with Crippen molar-refractivity contribution in [2.45, 2.75) is 52.4 Å². The molecule has 0 saturated carbocycles. The van der Waals surface area contributed by atoms with Gasteiger partial charge >= 0.3 is 0 Å². The molecule has 0 unspecified atom stereocenters. The molecule has 0 aliphatic carbocycles. The van der Waals surface area contributed by atoms with Gasteiger partial charge in [0.15, 0.2) is 0 Å². The minimum atomic E-state index is -0.548. The highest BCUT2D eigenvalue weighted by Gasteiger charge is 2.22. The fourth-order valence-electron chi connectivity index (χ4n) is 5.95. The number of benzene rings is 5. The Morgan fingerprint density at radius 2 is 1.27 bits per heavy atom. The Hall–Kier alpha value is -5.48. The Morgan fingerprint density at radius 3 is 1.98 bits per heavy atom. The topological polar surface area (TPSA) is 50.9 Å². The van der Waals surface area contributed by atoms with E-state index in [0.717, 1.165) is 39.0 Å². The first-order valence-corrected chi connectivity index (χ1v) is 16.2. The Labute approximate surface area is 289 Å². The quantitative estimate of drug-likeness (QED) is 0.206. The third-order valence-electron chi connectivity index (χ3n) is 8.67. The second-order valence-electron chi connectivity index (χ2n) is 14.3. The molecular formula is C44H41N3O. The van der Waals surface area contributed by atoms with Gasteiger partial charge in [0.2, 0.25) is 0 Å². The van der Waals surface area contributed by atoms with Crippen LogP contribution >= 0.6 is 0 Å². The molecule has 0 bridgehead atoms. The van der Waals surface area contributed by atoms with Crippen molar-refractivity contribution >= 4 is 11.0 Å². The first-order chi connectivity index (χ1) is 24.6. The zero-order valence-electron chi connectivity index (χ0n) is 32.2. The van der Waals surface area contributed by atoms with Crippen LogP contribution < -0.4 is 0 Å². The Kier molecular flexibility index (Phi) is 6.62. The van der Waals surface area contributed by atoms with E-state index in [1.54, 1.807) is 24.4 Å². The molecule has 5 aromatic carbocycles. The lowest BCUT2D eigenvalue weighted by atomic mass is 9.83. The average Bonchev–Trinajstić information content (AvgIpc) is 3.50. The summed E-state index contributed by atoms with van der Waals surface area (Å²) in [6, 6.07) is 33.2. The Bertz CT molecular complexity index is 2460. The van der Waals surface area contributed by atoms with Crippen molar-refractivity contribution < 1.29 is 10.6 Å². The zero-order valence-corrected chi connectivity index (χ0v) is 28.2. The van der Waals surface area contributed by atoms with Crippen molar-refractivity contribution in [2.75, 3.05) is 0 Å². The van der Waals surface area contributed by atoms with Crippen molar-refractivity contribution in [1.29, 1.82) is 0 Å². The van der Waals surface area contributed by atoms with Crippen molar-refractivity contribution in [1.82, 2.24) is 14.5 Å². The number of pyridine rings is 1. The minimum Gasteiger partial charge on any atom is -0.507 e. The molecule has 7 rings (SSSR count). The van der Waals surface area contributed by atoms with Crippen LogP contribution in [0.2, 0.25) is 0 Å². The van der Waals surface area contributed by atoms with Gasteiger partial charge in [-0.15, -0.1) is 0 Å². The van der Waals surface area contributed by atoms with Crippen molar-refractivity contribution in [2.24, 2.45) is 0 Å². The number of phenols is 1. The molecule has 0 atom stereocenters. The number of para-hydroxylation sites is 3. The molecule has 0 saturated heterocycles. The molecule has 0 radical (unpaired) electrons. The Balaban J connectivity index is 1.44. The van der Waals surface area contributed by atoms with E-state index in [0.29, 0.717) is 28.2 Å². The summed E-state index contributed by atoms with van der Waals surface area (Å²) in [6.07, 6.45) is 1.67. The smallest absolute Gasteiger partial charge is 0.149 e. The van der Waals surface area contributed by atoms with Gasteiger partial charge in [-0.2, -0.15) is 0 Å². The number of hydrogen-bond acceptors (Lipinski definition) is 3. The molecule has 4 heteroatoms. The maximum absolute atomic E-state index is 10.9. The number of aromatic hydroxyl groups is 1. The highest BCUT2D eigenvalue weighted by Crippen LogP contribution is 2.40. The van der Waals surface area contributed by atoms with Gasteiger partial charge in [0.05, 0.1) is 27.8 Å². The van der Waals surface area contributed by atoms with Gasteiger partial charge in [-0.25, -0.2) is 4.98 Å². The standard InChI is InChI=1S/C44H41N3O/c1-43(2,3)33-21-19-29(20-22-33)30-23-24-45-38(28-30)32-25-31(26-34(27-32)44(4,5)6)36-16-12-17-39-41(36)46-42(37-15-10-11-18-40(37)48)47(39)35-13-8-7-9-14-35/h7-28,48H,1-6H3/i19D,20D,21D,22D. The molecule has 7 aromatic rings. The highest BCUT2D eigenvalue weighted by molar-refractivity contribution is 5.96. The molecule has 1 N–H and O–H groups in total. The summed E-state index contributed by atoms with van der Waals surface area (Å²) >= 11 is 0. The summed E-state index contributed by atoms with van der Waals surface area (Å²) < 4.78 is 37.5. The third kappa shape index (κ3) is 5.91. The van der Waals surface area contributed by atoms with E-state index < -0.39 is 5.41 Å². The van der Waals surface area contributed by atoms with E-state index in [9.17, 15) is 5.11 Å². The van der Waals surface area contributed by atoms with Gasteiger partial charge in [-0.1, -0.05) is 114 Å². The van der Waals surface area contributed by atoms with Gasteiger partial charge in [0, 0.05) is 23.0 Å². The molecule has 0 spiro atoms. The molecule has 48 heavy (non-hydrogen) atoms. The molecule has 2 heterocycles. The normalized spacial score (nSPS) is 13.2. The molecule has 0 aliphatic rings. The fraction of sp³-hybridized carbons (Fsp3) is 0.182. The van der Waals surface area contributed by atoms with Crippen LogP contribution in [0, 0.1) is 0 Å². The third-order valence-corrected chi connectivity index (χ3v) is 8.67. The van der Waals surface area contributed by atoms with Crippen molar-refractivity contribution in [3.8, 4) is 56.3 Å². The van der Waals surface area contributed by atoms with Gasteiger partial charge in [0.25, 0.3) is 0 Å². The van der Waals surface area contributed by atoms with Crippen LogP contribution in [0.4, 0.5) is 0 Å². The number of phenolic OH excluding ortho intramolecular Hbond substituents is 1. The predicted molar refractivity (Wildman–Crippen MR) is 200 cm³/mol. The van der Waals surface area contributed by atoms with Crippen LogP contribution in [0.3, 0.4) is 0 Å². The van der Waals surface area contributed by atoms with E-state index in [2.05, 4.69) is 49.6 Å². The van der Waals surface area contributed by atoms with Crippen molar-refractivity contribution in [3.63, 3.8) is 0 Å². The minimum absolute atomic E-state index is 0.0231. The maximum atomic E-state index is 10.9. The van der Waals surface area contributed by atoms with Gasteiger partial charge in [0.1, 0.15) is 11.6 Å². The largest absolute Gasteiger partial charge is 0.507 e. The number of fused-ring (bicyclic) bond motifs is 1. The molecule has 238 valence electrons. The summed E-state index contributed by atoms with van der Waals surface area (Å²) in [6.45, 7) is 12.2. The summed E-state index contributed by atoms with van der Waals surface area (Å²) in [4.78, 5) is 9.97. The van der Waals surface area contributed by atoms with Crippen LogP contribution in [0.1, 0.15) is 58.2 Å². The second-order valence-corrected chi connectivity index (χ2v) is 14.3. The summed E-state index contributed by atoms with van der Waals surface area (Å²) in [5.41, 5.74) is 8.16. The summed E-state index contributed by atoms with van der Waals surface area (Å²) in [5, 5.41) is 10.9. The molecule has 4 nitrogen and oxygen atoms in total. The maximum Gasteiger partial charge on any atom is 0.149 e. The Morgan fingerprint density at radius 1 is 0.604 bits per heavy atom. The lowest BCUT2D eigenvalue weighted by Crippen LogP contribution is -2.11. The lowest BCUT2D eigenvalue weighted by molar-refractivity contribution is 0.477. The average molecular weight is 632 g/mol. The van der Waals surface area contributed by atoms with E-state index >= 15 is 0 Å². The van der Waals surface area contributed by atoms with Crippen LogP contribution in [-0.2, 0) is 10.8 Å². The molecule has 0 fully saturated rings. The predicted octanol–water partition coefficient (Wildman–Crippen LogP) is 11.4. The van der Waals surface area contributed by atoms with Crippen LogP contribution in [0.5, 0.6) is 5.75 Å². The molecular weight excluding hydrogens is 587 g/mol. The zero-order chi connectivity index (χ0) is 37.1. The number of nitrogens with zero attached hydrogens (tertiary/aromatic N) is 3.